The molecule has 2 aromatic rings. The van der Waals surface area contributed by atoms with Crippen molar-refractivity contribution in [2.75, 3.05) is 12.3 Å². The van der Waals surface area contributed by atoms with E-state index in [1.807, 2.05) is 36.4 Å². The van der Waals surface area contributed by atoms with Gasteiger partial charge in [-0.2, -0.15) is 0 Å². The molecule has 0 aliphatic rings. The third kappa shape index (κ3) is 8.21. The average Bonchev–Trinajstić information content (AvgIpc) is 2.73. The molecule has 2 aromatic carbocycles. The number of hydrogen-bond donors (Lipinski definition) is 1. The van der Waals surface area contributed by atoms with Gasteiger partial charge < -0.3 is 10.2 Å². The van der Waals surface area contributed by atoms with Gasteiger partial charge in [-0.3, -0.25) is 9.59 Å². The monoisotopic (exact) mass is 466 g/mol. The molecule has 1 N–H and O–H groups in total. The Morgan fingerprint density at radius 2 is 1.80 bits per heavy atom. The lowest BCUT2D eigenvalue weighted by Gasteiger charge is -2.29. The number of carbonyl (C=O) groups excluding carboxylic acids is 2. The molecular weight excluding hydrogens is 439 g/mol. The molecule has 0 fully saturated rings. The number of halogens is 2. The zero-order valence-electron chi connectivity index (χ0n) is 17.4. The highest BCUT2D eigenvalue weighted by molar-refractivity contribution is 7.99. The summed E-state index contributed by atoms with van der Waals surface area (Å²) in [5.41, 5.74) is 2.00. The van der Waals surface area contributed by atoms with Gasteiger partial charge in [0.25, 0.3) is 0 Å². The van der Waals surface area contributed by atoms with E-state index < -0.39 is 6.04 Å². The summed E-state index contributed by atoms with van der Waals surface area (Å²) in [5, 5.41) is 4.25. The lowest BCUT2D eigenvalue weighted by atomic mass is 10.1. The van der Waals surface area contributed by atoms with E-state index in [1.165, 1.54) is 11.8 Å². The van der Waals surface area contributed by atoms with E-state index >= 15 is 0 Å². The van der Waals surface area contributed by atoms with Crippen molar-refractivity contribution in [3.05, 3.63) is 69.7 Å². The maximum atomic E-state index is 13.0. The number of nitrogens with zero attached hydrogens (tertiary/aromatic N) is 1. The van der Waals surface area contributed by atoms with Crippen LogP contribution in [-0.2, 0) is 21.9 Å². The molecule has 30 heavy (non-hydrogen) atoms. The number of carbonyl (C=O) groups is 2. The number of nitrogens with one attached hydrogen (secondary N) is 1. The predicted octanol–water partition coefficient (Wildman–Crippen LogP) is 5.56. The second kappa shape index (κ2) is 12.9. The van der Waals surface area contributed by atoms with Gasteiger partial charge in [-0.25, -0.2) is 0 Å². The van der Waals surface area contributed by atoms with E-state index in [0.717, 1.165) is 24.0 Å². The molecular formula is C23H28Cl2N2O2S. The molecule has 2 amide bonds. The highest BCUT2D eigenvalue weighted by atomic mass is 35.5. The minimum Gasteiger partial charge on any atom is -0.354 e. The molecule has 1 atom stereocenters. The minimum absolute atomic E-state index is 0.0740. The normalized spacial score (nSPS) is 11.7. The fourth-order valence-corrected chi connectivity index (χ4v) is 4.07. The highest BCUT2D eigenvalue weighted by Gasteiger charge is 2.25. The molecule has 0 heterocycles. The maximum absolute atomic E-state index is 13.0. The maximum Gasteiger partial charge on any atom is 0.242 e. The minimum atomic E-state index is -0.559. The quantitative estimate of drug-likeness (QED) is 0.440. The molecule has 0 aromatic heterocycles. The van der Waals surface area contributed by atoms with Gasteiger partial charge in [0.2, 0.25) is 11.8 Å². The van der Waals surface area contributed by atoms with Crippen LogP contribution in [0.15, 0.2) is 48.5 Å². The molecule has 2 rings (SSSR count). The van der Waals surface area contributed by atoms with E-state index in [1.54, 1.807) is 24.0 Å². The predicted molar refractivity (Wildman–Crippen MR) is 127 cm³/mol. The van der Waals surface area contributed by atoms with Crippen molar-refractivity contribution < 1.29 is 9.59 Å². The first-order valence-corrected chi connectivity index (χ1v) is 12.0. The molecule has 0 bridgehead atoms. The van der Waals surface area contributed by atoms with Crippen LogP contribution in [0.3, 0.4) is 0 Å². The summed E-state index contributed by atoms with van der Waals surface area (Å²) >= 11 is 13.5. The first-order valence-electron chi connectivity index (χ1n) is 10.0. The van der Waals surface area contributed by atoms with Crippen molar-refractivity contribution in [2.45, 2.75) is 45.0 Å². The first-order chi connectivity index (χ1) is 14.4. The zero-order chi connectivity index (χ0) is 21.9. The average molecular weight is 467 g/mol. The second-order valence-corrected chi connectivity index (χ2v) is 8.95. The van der Waals surface area contributed by atoms with Crippen molar-refractivity contribution in [3.63, 3.8) is 0 Å². The van der Waals surface area contributed by atoms with Crippen LogP contribution in [-0.4, -0.2) is 35.1 Å². The summed E-state index contributed by atoms with van der Waals surface area (Å²) in [7, 11) is 0. The molecule has 0 aliphatic heterocycles. The van der Waals surface area contributed by atoms with Crippen LogP contribution in [0.5, 0.6) is 0 Å². The van der Waals surface area contributed by atoms with Gasteiger partial charge in [-0.1, -0.05) is 60.8 Å². The van der Waals surface area contributed by atoms with Crippen molar-refractivity contribution in [3.8, 4) is 0 Å². The van der Waals surface area contributed by atoms with Crippen LogP contribution >= 0.6 is 35.0 Å². The molecule has 0 spiro atoms. The Labute approximate surface area is 193 Å². The Bertz CT molecular complexity index is 830. The molecule has 4 nitrogen and oxygen atoms in total. The summed E-state index contributed by atoms with van der Waals surface area (Å²) < 4.78 is 0. The zero-order valence-corrected chi connectivity index (χ0v) is 19.7. The molecule has 162 valence electrons. The van der Waals surface area contributed by atoms with Crippen LogP contribution in [0, 0.1) is 0 Å². The van der Waals surface area contributed by atoms with Crippen molar-refractivity contribution in [1.29, 1.82) is 0 Å². The molecule has 0 unspecified atom stereocenters. The summed E-state index contributed by atoms with van der Waals surface area (Å²) in [6.45, 7) is 4.82. The van der Waals surface area contributed by atoms with E-state index in [4.69, 9.17) is 23.2 Å². The molecule has 0 saturated carbocycles. The Balaban J connectivity index is 2.03. The standard InChI is InChI=1S/C23H28Cl2N2O2S/c1-3-4-12-26-23(29)17(2)27(14-18-8-10-20(24)11-9-18)22(28)16-30-15-19-6-5-7-21(25)13-19/h5-11,13,17H,3-4,12,14-16H2,1-2H3,(H,26,29)/t17-/m0/s1. The molecule has 0 radical (unpaired) electrons. The van der Waals surface area contributed by atoms with Gasteiger partial charge in [0, 0.05) is 28.9 Å². The topological polar surface area (TPSA) is 49.4 Å². The van der Waals surface area contributed by atoms with Crippen molar-refractivity contribution in [2.24, 2.45) is 0 Å². The van der Waals surface area contributed by atoms with Crippen LogP contribution in [0.25, 0.3) is 0 Å². The number of hydrogen-bond acceptors (Lipinski definition) is 3. The highest BCUT2D eigenvalue weighted by Crippen LogP contribution is 2.19. The number of unbranched alkanes of at least 4 members (excludes halogenated alkanes) is 1. The van der Waals surface area contributed by atoms with Crippen molar-refractivity contribution >= 4 is 46.8 Å². The summed E-state index contributed by atoms with van der Waals surface area (Å²) in [5.74, 6) is 0.755. The largest absolute Gasteiger partial charge is 0.354 e. The Kier molecular flexibility index (Phi) is 10.6. The van der Waals surface area contributed by atoms with E-state index in [-0.39, 0.29) is 17.6 Å². The Morgan fingerprint density at radius 1 is 1.07 bits per heavy atom. The van der Waals surface area contributed by atoms with Crippen molar-refractivity contribution in [1.82, 2.24) is 10.2 Å². The SMILES string of the molecule is CCCCNC(=O)[C@H](C)N(Cc1ccc(Cl)cc1)C(=O)CSCc1cccc(Cl)c1. The lowest BCUT2D eigenvalue weighted by Crippen LogP contribution is -2.48. The number of benzene rings is 2. The smallest absolute Gasteiger partial charge is 0.242 e. The number of rotatable bonds is 11. The van der Waals surface area contributed by atoms with Gasteiger partial charge in [-0.05, 0) is 48.7 Å². The number of amides is 2. The van der Waals surface area contributed by atoms with E-state index in [0.29, 0.717) is 28.9 Å². The molecule has 0 saturated heterocycles. The van der Waals surface area contributed by atoms with E-state index in [9.17, 15) is 9.59 Å². The lowest BCUT2D eigenvalue weighted by molar-refractivity contribution is -0.138. The summed E-state index contributed by atoms with van der Waals surface area (Å²) in [4.78, 5) is 27.2. The summed E-state index contributed by atoms with van der Waals surface area (Å²) in [6, 6.07) is 14.4. The van der Waals surface area contributed by atoms with Gasteiger partial charge in [-0.15, -0.1) is 11.8 Å². The Morgan fingerprint density at radius 3 is 2.47 bits per heavy atom. The fraction of sp³-hybridized carbons (Fsp3) is 0.391. The van der Waals surface area contributed by atoms with Gasteiger partial charge in [0.05, 0.1) is 5.75 Å². The van der Waals surface area contributed by atoms with Gasteiger partial charge in [0.1, 0.15) is 6.04 Å². The summed E-state index contributed by atoms with van der Waals surface area (Å²) in [6.07, 6.45) is 1.92. The van der Waals surface area contributed by atoms with Crippen LogP contribution in [0.4, 0.5) is 0 Å². The van der Waals surface area contributed by atoms with E-state index in [2.05, 4.69) is 12.2 Å². The third-order valence-electron chi connectivity index (χ3n) is 4.65. The van der Waals surface area contributed by atoms with Crippen LogP contribution < -0.4 is 5.32 Å². The van der Waals surface area contributed by atoms with Crippen LogP contribution in [0.2, 0.25) is 10.0 Å². The Hall–Kier alpha value is -1.69. The molecule has 7 heteroatoms. The van der Waals surface area contributed by atoms with Crippen LogP contribution in [0.1, 0.15) is 37.8 Å². The van der Waals surface area contributed by atoms with Gasteiger partial charge in [0.15, 0.2) is 0 Å². The second-order valence-electron chi connectivity index (χ2n) is 7.09. The number of thioether (sulfide) groups is 1. The fourth-order valence-electron chi connectivity index (χ4n) is 2.87. The van der Waals surface area contributed by atoms with Gasteiger partial charge >= 0.3 is 0 Å². The first kappa shape index (κ1) is 24.6. The molecule has 0 aliphatic carbocycles. The third-order valence-corrected chi connectivity index (χ3v) is 6.12.